The van der Waals surface area contributed by atoms with Crippen molar-refractivity contribution in [2.24, 2.45) is 5.41 Å². The number of urea groups is 1. The molecule has 4 aromatic rings. The molecule has 0 fully saturated rings. The maximum absolute atomic E-state index is 14.9. The molecule has 0 aliphatic heterocycles. The molecule has 0 aliphatic carbocycles. The summed E-state index contributed by atoms with van der Waals surface area (Å²) in [5.41, 5.74) is 1.84. The maximum Gasteiger partial charge on any atom is 0.324 e. The standard InChI is InChI=1S/C33H38FN5O4/c1-21-16-25(13-15-35-21)43-24-10-11-27(26(34)18-24)36-31(42)37-30-19-29(32(2,3)4)38-39(30)23-9-7-8-22(17-23)28(41)12-14-33(5,6)20-40/h7-11,13,15-19,40H,12,14,20H2,1-6H3,(H2,36,37,42). The van der Waals surface area contributed by atoms with Crippen LogP contribution >= 0.6 is 0 Å². The minimum atomic E-state index is -0.669. The van der Waals surface area contributed by atoms with E-state index in [1.165, 1.54) is 12.1 Å². The van der Waals surface area contributed by atoms with Crippen LogP contribution in [0.3, 0.4) is 0 Å². The lowest BCUT2D eigenvalue weighted by molar-refractivity contribution is 0.0933. The average molecular weight is 588 g/mol. The number of carbonyl (C=O) groups excluding carboxylic acids is 2. The minimum Gasteiger partial charge on any atom is -0.457 e. The number of nitrogens with one attached hydrogen (secondary N) is 2. The van der Waals surface area contributed by atoms with E-state index in [2.05, 4.69) is 15.6 Å². The summed E-state index contributed by atoms with van der Waals surface area (Å²) in [5, 5.41) is 19.6. The van der Waals surface area contributed by atoms with Gasteiger partial charge in [0.05, 0.1) is 17.1 Å². The number of Topliss-reactive ketones (excluding diaryl/α,β-unsaturated/α-hetero) is 1. The first-order chi connectivity index (χ1) is 20.2. The summed E-state index contributed by atoms with van der Waals surface area (Å²) in [6.07, 6.45) is 2.43. The third-order valence-electron chi connectivity index (χ3n) is 6.88. The Balaban J connectivity index is 1.53. The van der Waals surface area contributed by atoms with E-state index in [0.717, 1.165) is 5.69 Å². The van der Waals surface area contributed by atoms with Crippen molar-refractivity contribution >= 4 is 23.3 Å². The summed E-state index contributed by atoms with van der Waals surface area (Å²) < 4.78 is 22.2. The maximum atomic E-state index is 14.9. The van der Waals surface area contributed by atoms with Gasteiger partial charge in [0.2, 0.25) is 0 Å². The number of ether oxygens (including phenoxy) is 1. The number of aliphatic hydroxyl groups excluding tert-OH is 1. The molecule has 0 radical (unpaired) electrons. The number of anilines is 2. The van der Waals surface area contributed by atoms with Gasteiger partial charge in [0.25, 0.3) is 0 Å². The van der Waals surface area contributed by atoms with Crippen molar-refractivity contribution in [2.45, 2.75) is 59.8 Å². The second-order valence-electron chi connectivity index (χ2n) is 12.3. The van der Waals surface area contributed by atoms with E-state index in [-0.39, 0.29) is 41.1 Å². The van der Waals surface area contributed by atoms with E-state index in [9.17, 15) is 19.1 Å². The summed E-state index contributed by atoms with van der Waals surface area (Å²) >= 11 is 0. The van der Waals surface area contributed by atoms with Crippen LogP contribution in [0.2, 0.25) is 0 Å². The van der Waals surface area contributed by atoms with Crippen LogP contribution in [0.4, 0.5) is 20.7 Å². The smallest absolute Gasteiger partial charge is 0.324 e. The van der Waals surface area contributed by atoms with Gasteiger partial charge in [-0.05, 0) is 49.1 Å². The van der Waals surface area contributed by atoms with Gasteiger partial charge in [-0.3, -0.25) is 15.1 Å². The van der Waals surface area contributed by atoms with Crippen LogP contribution in [0.5, 0.6) is 11.5 Å². The average Bonchev–Trinajstić information content (AvgIpc) is 3.38. The van der Waals surface area contributed by atoms with Crippen molar-refractivity contribution in [3.63, 3.8) is 0 Å². The zero-order valence-electron chi connectivity index (χ0n) is 25.4. The molecule has 0 bridgehead atoms. The van der Waals surface area contributed by atoms with Gasteiger partial charge in [0, 0.05) is 54.1 Å². The second kappa shape index (κ2) is 12.7. The number of carbonyl (C=O) groups is 2. The van der Waals surface area contributed by atoms with E-state index in [4.69, 9.17) is 9.84 Å². The van der Waals surface area contributed by atoms with Crippen LogP contribution < -0.4 is 15.4 Å². The molecule has 2 amide bonds. The highest BCUT2D eigenvalue weighted by molar-refractivity contribution is 6.00. The minimum absolute atomic E-state index is 0.00652. The number of hydrogen-bond acceptors (Lipinski definition) is 6. The zero-order valence-corrected chi connectivity index (χ0v) is 25.4. The van der Waals surface area contributed by atoms with E-state index < -0.39 is 11.8 Å². The normalized spacial score (nSPS) is 11.7. The largest absolute Gasteiger partial charge is 0.457 e. The van der Waals surface area contributed by atoms with E-state index >= 15 is 0 Å². The van der Waals surface area contributed by atoms with Gasteiger partial charge in [-0.15, -0.1) is 0 Å². The summed E-state index contributed by atoms with van der Waals surface area (Å²) in [5.74, 6) is 0.421. The molecular weight excluding hydrogens is 549 g/mol. The molecule has 2 heterocycles. The lowest BCUT2D eigenvalue weighted by atomic mass is 9.87. The number of amides is 2. The van der Waals surface area contributed by atoms with Crippen LogP contribution in [0, 0.1) is 18.2 Å². The monoisotopic (exact) mass is 587 g/mol. The zero-order chi connectivity index (χ0) is 31.4. The molecule has 226 valence electrons. The van der Waals surface area contributed by atoms with Crippen molar-refractivity contribution in [2.75, 3.05) is 17.2 Å². The first-order valence-corrected chi connectivity index (χ1v) is 14.1. The molecule has 43 heavy (non-hydrogen) atoms. The van der Waals surface area contributed by atoms with Gasteiger partial charge in [-0.1, -0.05) is 46.8 Å². The fourth-order valence-electron chi connectivity index (χ4n) is 4.17. The lowest BCUT2D eigenvalue weighted by Crippen LogP contribution is -2.22. The molecule has 0 saturated carbocycles. The third kappa shape index (κ3) is 8.26. The van der Waals surface area contributed by atoms with Crippen molar-refractivity contribution < 1.29 is 23.8 Å². The predicted octanol–water partition coefficient (Wildman–Crippen LogP) is 7.43. The van der Waals surface area contributed by atoms with Crippen molar-refractivity contribution in [1.82, 2.24) is 14.8 Å². The SMILES string of the molecule is Cc1cc(Oc2ccc(NC(=O)Nc3cc(C(C)(C)C)nn3-c3cccc(C(=O)CCC(C)(C)CO)c3)c(F)c2)ccn1. The molecule has 0 unspecified atom stereocenters. The Morgan fingerprint density at radius 1 is 0.977 bits per heavy atom. The van der Waals surface area contributed by atoms with Gasteiger partial charge >= 0.3 is 6.03 Å². The fraction of sp³-hybridized carbons (Fsp3) is 0.333. The number of aryl methyl sites for hydroxylation is 1. The van der Waals surface area contributed by atoms with Crippen molar-refractivity contribution in [3.05, 3.63) is 89.6 Å². The predicted molar refractivity (Wildman–Crippen MR) is 165 cm³/mol. The van der Waals surface area contributed by atoms with Crippen molar-refractivity contribution in [1.29, 1.82) is 0 Å². The van der Waals surface area contributed by atoms with Gasteiger partial charge in [0.15, 0.2) is 5.78 Å². The molecule has 2 aromatic carbocycles. The number of aliphatic hydroxyl groups is 1. The molecular formula is C33H38FN5O4. The fourth-order valence-corrected chi connectivity index (χ4v) is 4.17. The summed E-state index contributed by atoms with van der Waals surface area (Å²) in [6, 6.07) is 15.7. The number of benzene rings is 2. The third-order valence-corrected chi connectivity index (χ3v) is 6.88. The van der Waals surface area contributed by atoms with E-state index in [1.807, 2.05) is 41.5 Å². The highest BCUT2D eigenvalue weighted by Gasteiger charge is 2.23. The quantitative estimate of drug-likeness (QED) is 0.166. The first kappa shape index (κ1) is 31.4. The van der Waals surface area contributed by atoms with Gasteiger partial charge < -0.3 is 15.2 Å². The summed E-state index contributed by atoms with van der Waals surface area (Å²) in [6.45, 7) is 11.6. The second-order valence-corrected chi connectivity index (χ2v) is 12.3. The number of rotatable bonds is 10. The highest BCUT2D eigenvalue weighted by Crippen LogP contribution is 2.29. The Bertz CT molecular complexity index is 1620. The van der Waals surface area contributed by atoms with Crippen LogP contribution in [0.1, 0.15) is 69.2 Å². The summed E-state index contributed by atoms with van der Waals surface area (Å²) in [7, 11) is 0. The number of ketones is 1. The lowest BCUT2D eigenvalue weighted by Gasteiger charge is -2.20. The molecule has 0 spiro atoms. The molecule has 2 aromatic heterocycles. The Labute approximate surface area is 251 Å². The number of nitrogens with zero attached hydrogens (tertiary/aromatic N) is 3. The molecule has 4 rings (SSSR count). The van der Waals surface area contributed by atoms with Crippen molar-refractivity contribution in [3.8, 4) is 17.2 Å². The Kier molecular flexibility index (Phi) is 9.30. The number of hydrogen-bond donors (Lipinski definition) is 3. The van der Waals surface area contributed by atoms with Crippen LogP contribution in [0.15, 0.2) is 66.9 Å². The van der Waals surface area contributed by atoms with E-state index in [0.29, 0.717) is 34.9 Å². The molecule has 0 saturated heterocycles. The van der Waals surface area contributed by atoms with Gasteiger partial charge in [0.1, 0.15) is 23.1 Å². The topological polar surface area (TPSA) is 118 Å². The molecule has 0 atom stereocenters. The van der Waals surface area contributed by atoms with Crippen LogP contribution in [-0.4, -0.2) is 38.3 Å². The molecule has 0 aliphatic rings. The number of aromatic nitrogens is 3. The first-order valence-electron chi connectivity index (χ1n) is 14.1. The number of pyridine rings is 1. The molecule has 3 N–H and O–H groups in total. The van der Waals surface area contributed by atoms with Gasteiger partial charge in [-0.25, -0.2) is 13.9 Å². The van der Waals surface area contributed by atoms with E-state index in [1.54, 1.807) is 59.4 Å². The Morgan fingerprint density at radius 2 is 1.72 bits per heavy atom. The van der Waals surface area contributed by atoms with Crippen LogP contribution in [-0.2, 0) is 5.41 Å². The number of halogens is 1. The van der Waals surface area contributed by atoms with Gasteiger partial charge in [-0.2, -0.15) is 5.10 Å². The Morgan fingerprint density at radius 3 is 2.40 bits per heavy atom. The Hall–Kier alpha value is -4.57. The molecule has 9 nitrogen and oxygen atoms in total. The van der Waals surface area contributed by atoms with Crippen LogP contribution in [0.25, 0.3) is 5.69 Å². The highest BCUT2D eigenvalue weighted by atomic mass is 19.1. The molecule has 10 heteroatoms. The summed E-state index contributed by atoms with van der Waals surface area (Å²) in [4.78, 5) is 30.1.